The standard InChI is InChI=1S/C18H18N2.C4H4O4/c1-20-11-5-8-18(20)17-12-16(13-19-14-17)10-9-15-6-3-2-4-7-15;5-3(6)1-2-4(7)8/h2-4,6-7,12-14,18H,5,8,11H2,1H3;1-2H,(H,5,6)(H,7,8). The monoisotopic (exact) mass is 378 g/mol. The number of hydrogen-bond acceptors (Lipinski definition) is 4. The fourth-order valence-electron chi connectivity index (χ4n) is 2.85. The molecule has 6 nitrogen and oxygen atoms in total. The average molecular weight is 378 g/mol. The number of aliphatic carboxylic acids is 2. The maximum Gasteiger partial charge on any atom is 0.328 e. The van der Waals surface area contributed by atoms with E-state index in [0.717, 1.165) is 11.1 Å². The molecular formula is C22H22N2O4. The Morgan fingerprint density at radius 2 is 1.71 bits per heavy atom. The topological polar surface area (TPSA) is 90.7 Å². The van der Waals surface area contributed by atoms with Gasteiger partial charge in [-0.25, -0.2) is 9.59 Å². The molecule has 0 radical (unpaired) electrons. The van der Waals surface area contributed by atoms with Crippen LogP contribution in [-0.4, -0.2) is 45.6 Å². The average Bonchev–Trinajstić information content (AvgIpc) is 3.12. The van der Waals surface area contributed by atoms with E-state index in [1.54, 1.807) is 0 Å². The molecule has 0 saturated carbocycles. The van der Waals surface area contributed by atoms with Gasteiger partial charge in [-0.1, -0.05) is 30.0 Å². The van der Waals surface area contributed by atoms with Crippen LogP contribution >= 0.6 is 0 Å². The summed E-state index contributed by atoms with van der Waals surface area (Å²) in [7, 11) is 2.18. The highest BCUT2D eigenvalue weighted by molar-refractivity contribution is 5.89. The Kier molecular flexibility index (Phi) is 7.94. The molecule has 1 aliphatic heterocycles. The molecule has 0 aliphatic carbocycles. The third kappa shape index (κ3) is 7.06. The van der Waals surface area contributed by atoms with E-state index in [2.05, 4.69) is 34.8 Å². The van der Waals surface area contributed by atoms with Crippen LogP contribution in [0, 0.1) is 11.8 Å². The van der Waals surface area contributed by atoms with Gasteiger partial charge in [-0.15, -0.1) is 0 Å². The highest BCUT2D eigenvalue weighted by Crippen LogP contribution is 2.29. The summed E-state index contributed by atoms with van der Waals surface area (Å²) in [5.41, 5.74) is 3.31. The van der Waals surface area contributed by atoms with Crippen LogP contribution in [0.3, 0.4) is 0 Å². The Morgan fingerprint density at radius 3 is 2.29 bits per heavy atom. The Labute approximate surface area is 164 Å². The van der Waals surface area contributed by atoms with E-state index in [-0.39, 0.29) is 0 Å². The van der Waals surface area contributed by atoms with Crippen molar-refractivity contribution >= 4 is 11.9 Å². The van der Waals surface area contributed by atoms with Crippen LogP contribution in [0.15, 0.2) is 60.9 Å². The molecule has 2 aromatic rings. The molecule has 144 valence electrons. The minimum Gasteiger partial charge on any atom is -0.478 e. The van der Waals surface area contributed by atoms with Crippen LogP contribution in [0.25, 0.3) is 0 Å². The van der Waals surface area contributed by atoms with Crippen molar-refractivity contribution in [3.05, 3.63) is 77.6 Å². The number of carboxylic acids is 2. The van der Waals surface area contributed by atoms with Crippen molar-refractivity contribution in [2.24, 2.45) is 0 Å². The lowest BCUT2D eigenvalue weighted by Crippen LogP contribution is -2.17. The third-order valence-corrected chi connectivity index (χ3v) is 4.16. The largest absolute Gasteiger partial charge is 0.478 e. The molecule has 1 aliphatic rings. The van der Waals surface area contributed by atoms with E-state index in [9.17, 15) is 9.59 Å². The molecule has 1 atom stereocenters. The lowest BCUT2D eigenvalue weighted by atomic mass is 10.1. The Hall–Kier alpha value is -3.43. The zero-order valence-electron chi connectivity index (χ0n) is 15.6. The normalized spacial score (nSPS) is 16.0. The highest BCUT2D eigenvalue weighted by Gasteiger charge is 2.22. The number of rotatable bonds is 3. The molecule has 1 aromatic carbocycles. The van der Waals surface area contributed by atoms with Gasteiger partial charge in [0.2, 0.25) is 0 Å². The van der Waals surface area contributed by atoms with Gasteiger partial charge in [0.15, 0.2) is 0 Å². The first kappa shape index (κ1) is 20.9. The van der Waals surface area contributed by atoms with Crippen LogP contribution in [0.2, 0.25) is 0 Å². The summed E-state index contributed by atoms with van der Waals surface area (Å²) < 4.78 is 0. The summed E-state index contributed by atoms with van der Waals surface area (Å²) in [6, 6.07) is 12.7. The van der Waals surface area contributed by atoms with E-state index in [4.69, 9.17) is 10.2 Å². The number of nitrogens with zero attached hydrogens (tertiary/aromatic N) is 2. The van der Waals surface area contributed by atoms with Gasteiger partial charge in [-0.05, 0) is 50.2 Å². The minimum absolute atomic E-state index is 0.501. The SMILES string of the molecule is CN1CCCC1c1cncc(C#Cc2ccccc2)c1.O=C(O)C=CC(=O)O. The molecule has 28 heavy (non-hydrogen) atoms. The minimum atomic E-state index is -1.26. The van der Waals surface area contributed by atoms with Gasteiger partial charge in [-0.3, -0.25) is 9.88 Å². The van der Waals surface area contributed by atoms with E-state index >= 15 is 0 Å². The molecule has 0 amide bonds. The predicted molar refractivity (Wildman–Crippen MR) is 106 cm³/mol. The summed E-state index contributed by atoms with van der Waals surface area (Å²) in [5.74, 6) is 3.88. The highest BCUT2D eigenvalue weighted by atomic mass is 16.4. The maximum atomic E-state index is 9.55. The molecule has 6 heteroatoms. The Bertz CT molecular complexity index is 881. The summed E-state index contributed by atoms with van der Waals surface area (Å²) in [6.45, 7) is 1.17. The molecule has 0 bridgehead atoms. The molecule has 2 heterocycles. The van der Waals surface area contributed by atoms with Gasteiger partial charge >= 0.3 is 11.9 Å². The Balaban J connectivity index is 0.000000300. The molecule has 1 saturated heterocycles. The number of pyridine rings is 1. The van der Waals surface area contributed by atoms with Gasteiger partial charge in [0, 0.05) is 41.7 Å². The van der Waals surface area contributed by atoms with Crippen molar-refractivity contribution in [1.82, 2.24) is 9.88 Å². The van der Waals surface area contributed by atoms with Gasteiger partial charge in [-0.2, -0.15) is 0 Å². The third-order valence-electron chi connectivity index (χ3n) is 4.16. The number of benzene rings is 1. The lowest BCUT2D eigenvalue weighted by molar-refractivity contribution is -0.134. The van der Waals surface area contributed by atoms with Crippen LogP contribution in [0.5, 0.6) is 0 Å². The van der Waals surface area contributed by atoms with Crippen molar-refractivity contribution in [2.45, 2.75) is 18.9 Å². The first-order valence-corrected chi connectivity index (χ1v) is 8.82. The summed E-state index contributed by atoms with van der Waals surface area (Å²) >= 11 is 0. The quantitative estimate of drug-likeness (QED) is 0.630. The molecule has 1 fully saturated rings. The maximum absolute atomic E-state index is 9.55. The molecule has 2 N–H and O–H groups in total. The van der Waals surface area contributed by atoms with E-state index < -0.39 is 11.9 Å². The summed E-state index contributed by atoms with van der Waals surface area (Å²) in [5, 5.41) is 15.6. The first-order valence-electron chi connectivity index (χ1n) is 8.82. The molecule has 0 spiro atoms. The molecule has 3 rings (SSSR count). The van der Waals surface area contributed by atoms with Gasteiger partial charge < -0.3 is 10.2 Å². The van der Waals surface area contributed by atoms with Crippen LogP contribution in [-0.2, 0) is 9.59 Å². The zero-order chi connectivity index (χ0) is 20.4. The fraction of sp³-hybridized carbons (Fsp3) is 0.227. The molecule has 1 unspecified atom stereocenters. The van der Waals surface area contributed by atoms with E-state index in [0.29, 0.717) is 18.2 Å². The van der Waals surface area contributed by atoms with E-state index in [1.165, 1.54) is 24.9 Å². The van der Waals surface area contributed by atoms with Gasteiger partial charge in [0.1, 0.15) is 0 Å². The smallest absolute Gasteiger partial charge is 0.328 e. The van der Waals surface area contributed by atoms with Gasteiger partial charge in [0.25, 0.3) is 0 Å². The predicted octanol–water partition coefficient (Wildman–Crippen LogP) is 2.96. The van der Waals surface area contributed by atoms with Crippen LogP contribution in [0.4, 0.5) is 0 Å². The van der Waals surface area contributed by atoms with Gasteiger partial charge in [0.05, 0.1) is 0 Å². The number of carboxylic acid groups (broad SMARTS) is 2. The zero-order valence-corrected chi connectivity index (χ0v) is 15.6. The number of hydrogen-bond donors (Lipinski definition) is 2. The second kappa shape index (κ2) is 10.7. The second-order valence-corrected chi connectivity index (χ2v) is 6.27. The first-order chi connectivity index (χ1) is 13.5. The number of likely N-dealkylation sites (tertiary alicyclic amines) is 1. The van der Waals surface area contributed by atoms with E-state index in [1.807, 2.05) is 42.7 Å². The molecular weight excluding hydrogens is 356 g/mol. The van der Waals surface area contributed by atoms with Crippen molar-refractivity contribution in [2.75, 3.05) is 13.6 Å². The fourth-order valence-corrected chi connectivity index (χ4v) is 2.85. The molecule has 1 aromatic heterocycles. The van der Waals surface area contributed by atoms with Crippen molar-refractivity contribution in [3.8, 4) is 11.8 Å². The van der Waals surface area contributed by atoms with Crippen LogP contribution < -0.4 is 0 Å². The lowest BCUT2D eigenvalue weighted by Gasteiger charge is -2.19. The van der Waals surface area contributed by atoms with Crippen molar-refractivity contribution in [1.29, 1.82) is 0 Å². The summed E-state index contributed by atoms with van der Waals surface area (Å²) in [4.78, 5) is 25.8. The van der Waals surface area contributed by atoms with Crippen LogP contribution in [0.1, 0.15) is 35.6 Å². The second-order valence-electron chi connectivity index (χ2n) is 6.27. The summed E-state index contributed by atoms with van der Waals surface area (Å²) in [6.07, 6.45) is 7.41. The van der Waals surface area contributed by atoms with Crippen molar-refractivity contribution in [3.63, 3.8) is 0 Å². The number of aromatic nitrogens is 1. The van der Waals surface area contributed by atoms with Crippen molar-refractivity contribution < 1.29 is 19.8 Å². The Morgan fingerprint density at radius 1 is 1.07 bits per heavy atom. The number of carbonyl (C=O) groups is 2.